The van der Waals surface area contributed by atoms with Crippen LogP contribution in [-0.2, 0) is 4.79 Å². The molecule has 1 fully saturated rings. The fraction of sp³-hybridized carbons (Fsp3) is 0. The molecule has 1 saturated heterocycles. The molecule has 0 unspecified atom stereocenters. The fourth-order valence-corrected chi connectivity index (χ4v) is 3.91. The number of carbonyl (C=O) groups is 1. The monoisotopic (exact) mass is 438 g/mol. The van der Waals surface area contributed by atoms with E-state index in [-0.39, 0.29) is 10.0 Å². The molecule has 1 amide bonds. The third-order valence-corrected chi connectivity index (χ3v) is 5.30. The first-order valence-electron chi connectivity index (χ1n) is 6.84. The lowest BCUT2D eigenvalue weighted by molar-refractivity contribution is -0.385. The van der Waals surface area contributed by atoms with Crippen molar-refractivity contribution in [3.05, 3.63) is 73.3 Å². The molecule has 2 aromatic rings. The lowest BCUT2D eigenvalue weighted by atomic mass is 10.2. The van der Waals surface area contributed by atoms with E-state index in [9.17, 15) is 19.3 Å². The number of hydrogen-bond acceptors (Lipinski definition) is 5. The molecule has 9 heteroatoms. The number of amides is 1. The highest BCUT2D eigenvalue weighted by Gasteiger charge is 2.33. The van der Waals surface area contributed by atoms with Crippen LogP contribution in [0.4, 0.5) is 15.8 Å². The molecule has 5 nitrogen and oxygen atoms in total. The van der Waals surface area contributed by atoms with Crippen LogP contribution < -0.4 is 4.90 Å². The SMILES string of the molecule is O=C1/C(=C\c2ccc(Br)c([N+](=O)[O-])c2)SC(=S)N1c1cccc(F)c1. The summed E-state index contributed by atoms with van der Waals surface area (Å²) >= 11 is 9.39. The molecule has 0 aliphatic carbocycles. The maximum atomic E-state index is 13.4. The molecule has 1 aliphatic heterocycles. The van der Waals surface area contributed by atoms with Crippen molar-refractivity contribution >= 4 is 67.6 Å². The van der Waals surface area contributed by atoms with E-state index < -0.39 is 16.6 Å². The number of halogens is 2. The molecular formula is C16H8BrFN2O3S2. The molecule has 0 N–H and O–H groups in total. The number of nitro groups is 1. The number of anilines is 1. The van der Waals surface area contributed by atoms with Gasteiger partial charge in [-0.2, -0.15) is 0 Å². The molecule has 0 saturated carbocycles. The number of carbonyl (C=O) groups excluding carboxylic acids is 1. The Kier molecular flexibility index (Phi) is 4.98. The van der Waals surface area contributed by atoms with Gasteiger partial charge in [-0.05, 0) is 51.8 Å². The predicted octanol–water partition coefficient (Wildman–Crippen LogP) is 4.90. The van der Waals surface area contributed by atoms with Gasteiger partial charge in [0, 0.05) is 6.07 Å². The van der Waals surface area contributed by atoms with Crippen molar-refractivity contribution in [2.45, 2.75) is 0 Å². The largest absolute Gasteiger partial charge is 0.284 e. The number of thiocarbonyl (C=S) groups is 1. The molecular weight excluding hydrogens is 431 g/mol. The van der Waals surface area contributed by atoms with E-state index >= 15 is 0 Å². The lowest BCUT2D eigenvalue weighted by Gasteiger charge is -2.14. The number of nitro benzene ring substituents is 1. The Hall–Kier alpha value is -2.10. The lowest BCUT2D eigenvalue weighted by Crippen LogP contribution is -2.27. The summed E-state index contributed by atoms with van der Waals surface area (Å²) in [4.78, 5) is 24.7. The van der Waals surface area contributed by atoms with Crippen molar-refractivity contribution in [1.82, 2.24) is 0 Å². The van der Waals surface area contributed by atoms with Gasteiger partial charge < -0.3 is 0 Å². The van der Waals surface area contributed by atoms with E-state index in [0.29, 0.717) is 20.6 Å². The second-order valence-corrected chi connectivity index (χ2v) is 7.50. The smallest absolute Gasteiger partial charge is 0.268 e. The van der Waals surface area contributed by atoms with Crippen LogP contribution in [-0.4, -0.2) is 15.2 Å². The van der Waals surface area contributed by atoms with Crippen LogP contribution in [0, 0.1) is 15.9 Å². The van der Waals surface area contributed by atoms with E-state index in [1.807, 2.05) is 0 Å². The Morgan fingerprint density at radius 2 is 2.04 bits per heavy atom. The van der Waals surface area contributed by atoms with Crippen molar-refractivity contribution in [3.8, 4) is 0 Å². The molecule has 25 heavy (non-hydrogen) atoms. The van der Waals surface area contributed by atoms with Gasteiger partial charge in [-0.3, -0.25) is 19.8 Å². The van der Waals surface area contributed by atoms with Crippen molar-refractivity contribution in [3.63, 3.8) is 0 Å². The maximum absolute atomic E-state index is 13.4. The molecule has 0 bridgehead atoms. The third-order valence-electron chi connectivity index (χ3n) is 3.32. The molecule has 0 atom stereocenters. The van der Waals surface area contributed by atoms with Crippen LogP contribution in [0.5, 0.6) is 0 Å². The van der Waals surface area contributed by atoms with Crippen LogP contribution in [0.2, 0.25) is 0 Å². The quantitative estimate of drug-likeness (QED) is 0.295. The van der Waals surface area contributed by atoms with Gasteiger partial charge in [-0.1, -0.05) is 36.1 Å². The van der Waals surface area contributed by atoms with Gasteiger partial charge in [0.15, 0.2) is 4.32 Å². The van der Waals surface area contributed by atoms with Crippen LogP contribution in [0.3, 0.4) is 0 Å². The van der Waals surface area contributed by atoms with Crippen LogP contribution >= 0.6 is 39.9 Å². The Labute approximate surface area is 159 Å². The average molecular weight is 439 g/mol. The summed E-state index contributed by atoms with van der Waals surface area (Å²) in [5, 5.41) is 11.0. The van der Waals surface area contributed by atoms with Gasteiger partial charge in [0.05, 0.1) is 20.0 Å². The highest BCUT2D eigenvalue weighted by molar-refractivity contribution is 9.10. The van der Waals surface area contributed by atoms with E-state index in [0.717, 1.165) is 11.8 Å². The Morgan fingerprint density at radius 1 is 1.28 bits per heavy atom. The van der Waals surface area contributed by atoms with Crippen molar-refractivity contribution in [2.24, 2.45) is 0 Å². The molecule has 0 radical (unpaired) electrons. The molecule has 126 valence electrons. The van der Waals surface area contributed by atoms with Gasteiger partial charge in [-0.25, -0.2) is 4.39 Å². The first-order chi connectivity index (χ1) is 11.9. The minimum atomic E-state index is -0.514. The summed E-state index contributed by atoms with van der Waals surface area (Å²) in [5.41, 5.74) is 0.733. The van der Waals surface area contributed by atoms with E-state index in [4.69, 9.17) is 12.2 Å². The number of hydrogen-bond donors (Lipinski definition) is 0. The summed E-state index contributed by atoms with van der Waals surface area (Å²) in [6.07, 6.45) is 1.53. The summed E-state index contributed by atoms with van der Waals surface area (Å²) in [6.45, 7) is 0. The summed E-state index contributed by atoms with van der Waals surface area (Å²) in [6, 6.07) is 10.1. The highest BCUT2D eigenvalue weighted by atomic mass is 79.9. The number of nitrogens with zero attached hydrogens (tertiary/aromatic N) is 2. The molecule has 2 aromatic carbocycles. The second-order valence-electron chi connectivity index (χ2n) is 4.96. The normalized spacial score (nSPS) is 15.9. The Bertz CT molecular complexity index is 949. The van der Waals surface area contributed by atoms with Gasteiger partial charge >= 0.3 is 0 Å². The number of thioether (sulfide) groups is 1. The van der Waals surface area contributed by atoms with Crippen LogP contribution in [0.15, 0.2) is 51.8 Å². The summed E-state index contributed by atoms with van der Waals surface area (Å²) < 4.78 is 14.0. The van der Waals surface area contributed by atoms with E-state index in [2.05, 4.69) is 15.9 Å². The minimum Gasteiger partial charge on any atom is -0.268 e. The minimum absolute atomic E-state index is 0.102. The summed E-state index contributed by atoms with van der Waals surface area (Å²) in [7, 11) is 0. The van der Waals surface area contributed by atoms with Gasteiger partial charge in [0.1, 0.15) is 5.82 Å². The molecule has 0 aromatic heterocycles. The van der Waals surface area contributed by atoms with Crippen LogP contribution in [0.25, 0.3) is 6.08 Å². The molecule has 1 aliphatic rings. The van der Waals surface area contributed by atoms with Gasteiger partial charge in [-0.15, -0.1) is 0 Å². The zero-order chi connectivity index (χ0) is 18.1. The average Bonchev–Trinajstić information content (AvgIpc) is 2.83. The summed E-state index contributed by atoms with van der Waals surface area (Å²) in [5.74, 6) is -0.870. The Balaban J connectivity index is 1.96. The van der Waals surface area contributed by atoms with Crippen molar-refractivity contribution in [1.29, 1.82) is 0 Å². The zero-order valence-corrected chi connectivity index (χ0v) is 15.5. The maximum Gasteiger partial charge on any atom is 0.284 e. The molecule has 1 heterocycles. The standard InChI is InChI=1S/C16H8BrFN2O3S2/c17-12-5-4-9(6-13(12)20(22)23)7-14-15(21)19(16(24)25-14)11-3-1-2-10(18)8-11/h1-8H/b14-7+. The number of rotatable bonds is 3. The second kappa shape index (κ2) is 7.03. The topological polar surface area (TPSA) is 63.4 Å². The van der Waals surface area contributed by atoms with E-state index in [1.165, 1.54) is 41.3 Å². The number of benzene rings is 2. The molecule has 0 spiro atoms. The highest BCUT2D eigenvalue weighted by Crippen LogP contribution is 2.37. The van der Waals surface area contributed by atoms with Gasteiger partial charge in [0.2, 0.25) is 0 Å². The predicted molar refractivity (Wildman–Crippen MR) is 103 cm³/mol. The van der Waals surface area contributed by atoms with E-state index in [1.54, 1.807) is 12.1 Å². The fourth-order valence-electron chi connectivity index (χ4n) is 2.22. The first-order valence-corrected chi connectivity index (χ1v) is 8.86. The first kappa shape index (κ1) is 17.7. The van der Waals surface area contributed by atoms with Crippen LogP contribution in [0.1, 0.15) is 5.56 Å². The van der Waals surface area contributed by atoms with Crippen molar-refractivity contribution < 1.29 is 14.1 Å². The van der Waals surface area contributed by atoms with Gasteiger partial charge in [0.25, 0.3) is 11.6 Å². The zero-order valence-electron chi connectivity index (χ0n) is 12.3. The Morgan fingerprint density at radius 3 is 2.72 bits per heavy atom. The third kappa shape index (κ3) is 3.63. The molecule has 3 rings (SSSR count). The van der Waals surface area contributed by atoms with Crippen molar-refractivity contribution in [2.75, 3.05) is 4.90 Å².